The maximum absolute atomic E-state index is 12.3. The minimum atomic E-state index is -0.122. The minimum Gasteiger partial charge on any atom is -0.496 e. The van der Waals surface area contributed by atoms with Gasteiger partial charge in [0.15, 0.2) is 0 Å². The number of hydrogen-bond acceptors (Lipinski definition) is 3. The van der Waals surface area contributed by atoms with Crippen LogP contribution in [0.15, 0.2) is 48.5 Å². The molecule has 24 heavy (non-hydrogen) atoms. The highest BCUT2D eigenvalue weighted by molar-refractivity contribution is 6.30. The molecule has 0 aromatic heterocycles. The average Bonchev–Trinajstić information content (AvgIpc) is 2.60. The Kier molecular flexibility index (Phi) is 6.27. The molecule has 5 heteroatoms. The maximum atomic E-state index is 12.3. The van der Waals surface area contributed by atoms with Gasteiger partial charge in [0, 0.05) is 35.8 Å². The van der Waals surface area contributed by atoms with Crippen LogP contribution in [-0.2, 0) is 11.3 Å². The van der Waals surface area contributed by atoms with Crippen molar-refractivity contribution in [2.75, 3.05) is 21.3 Å². The third-order valence-corrected chi connectivity index (χ3v) is 3.81. The summed E-state index contributed by atoms with van der Waals surface area (Å²) in [7, 11) is 4.93. The molecule has 0 N–H and O–H groups in total. The Bertz CT molecular complexity index is 743. The van der Waals surface area contributed by atoms with Crippen molar-refractivity contribution >= 4 is 23.6 Å². The number of methoxy groups -OCH3 is 2. The second kappa shape index (κ2) is 8.41. The summed E-state index contributed by atoms with van der Waals surface area (Å²) < 4.78 is 10.6. The van der Waals surface area contributed by atoms with Gasteiger partial charge >= 0.3 is 0 Å². The van der Waals surface area contributed by atoms with Gasteiger partial charge in [-0.25, -0.2) is 0 Å². The molecule has 0 radical (unpaired) electrons. The molecule has 0 bridgehead atoms. The summed E-state index contributed by atoms with van der Waals surface area (Å²) in [4.78, 5) is 13.9. The van der Waals surface area contributed by atoms with Gasteiger partial charge in [-0.1, -0.05) is 29.8 Å². The number of rotatable bonds is 6. The van der Waals surface area contributed by atoms with Crippen molar-refractivity contribution < 1.29 is 14.3 Å². The lowest BCUT2D eigenvalue weighted by Crippen LogP contribution is -2.24. The Labute approximate surface area is 147 Å². The summed E-state index contributed by atoms with van der Waals surface area (Å²) in [5.74, 6) is 1.30. The van der Waals surface area contributed by atoms with E-state index in [-0.39, 0.29) is 5.91 Å². The molecule has 1 amide bonds. The SMILES string of the molecule is COc1ccccc1/C=C/C(=O)N(C)Cc1cc(Cl)ccc1OC. The molecule has 2 rings (SSSR count). The molecular formula is C19H20ClNO3. The zero-order valence-corrected chi connectivity index (χ0v) is 14.7. The van der Waals surface area contributed by atoms with Crippen LogP contribution in [0.5, 0.6) is 11.5 Å². The monoisotopic (exact) mass is 345 g/mol. The third-order valence-electron chi connectivity index (χ3n) is 3.57. The molecule has 0 fully saturated rings. The van der Waals surface area contributed by atoms with Crippen LogP contribution in [0.4, 0.5) is 0 Å². The molecule has 0 aliphatic rings. The first-order valence-corrected chi connectivity index (χ1v) is 7.81. The van der Waals surface area contributed by atoms with Crippen LogP contribution in [-0.4, -0.2) is 32.1 Å². The Morgan fingerprint density at radius 2 is 1.83 bits per heavy atom. The van der Waals surface area contributed by atoms with E-state index in [1.54, 1.807) is 50.4 Å². The highest BCUT2D eigenvalue weighted by atomic mass is 35.5. The molecule has 0 saturated carbocycles. The Balaban J connectivity index is 2.10. The molecule has 0 heterocycles. The van der Waals surface area contributed by atoms with Gasteiger partial charge in [0.1, 0.15) is 11.5 Å². The Hall–Kier alpha value is -2.46. The molecule has 0 spiro atoms. The van der Waals surface area contributed by atoms with Crippen molar-refractivity contribution in [2.45, 2.75) is 6.54 Å². The lowest BCUT2D eigenvalue weighted by Gasteiger charge is -2.17. The van der Waals surface area contributed by atoms with Gasteiger partial charge in [-0.3, -0.25) is 4.79 Å². The number of carbonyl (C=O) groups is 1. The van der Waals surface area contributed by atoms with E-state index in [1.807, 2.05) is 24.3 Å². The predicted octanol–water partition coefficient (Wildman–Crippen LogP) is 4.03. The fourth-order valence-electron chi connectivity index (χ4n) is 2.30. The second-order valence-electron chi connectivity index (χ2n) is 5.23. The smallest absolute Gasteiger partial charge is 0.246 e. The van der Waals surface area contributed by atoms with Crippen LogP contribution in [0, 0.1) is 0 Å². The number of halogens is 1. The standard InChI is InChI=1S/C19H20ClNO3/c1-21(13-15-12-16(20)9-10-18(15)24-3)19(22)11-8-14-6-4-5-7-17(14)23-2/h4-12H,13H2,1-3H3/b11-8+. The second-order valence-corrected chi connectivity index (χ2v) is 5.66. The number of nitrogens with zero attached hydrogens (tertiary/aromatic N) is 1. The van der Waals surface area contributed by atoms with Crippen molar-refractivity contribution in [3.63, 3.8) is 0 Å². The molecular weight excluding hydrogens is 326 g/mol. The lowest BCUT2D eigenvalue weighted by molar-refractivity contribution is -0.125. The maximum Gasteiger partial charge on any atom is 0.246 e. The van der Waals surface area contributed by atoms with Gasteiger partial charge in [0.05, 0.1) is 14.2 Å². The first-order chi connectivity index (χ1) is 11.5. The predicted molar refractivity (Wildman–Crippen MR) is 96.5 cm³/mol. The zero-order valence-electron chi connectivity index (χ0n) is 14.0. The number of amides is 1. The molecule has 126 valence electrons. The number of carbonyl (C=O) groups excluding carboxylic acids is 1. The van der Waals surface area contributed by atoms with E-state index >= 15 is 0 Å². The molecule has 0 atom stereocenters. The number of benzene rings is 2. The summed E-state index contributed by atoms with van der Waals surface area (Å²) in [6.45, 7) is 0.402. The largest absolute Gasteiger partial charge is 0.496 e. The van der Waals surface area contributed by atoms with Crippen molar-refractivity contribution in [3.05, 3.63) is 64.7 Å². The number of likely N-dealkylation sites (N-methyl/N-ethyl adjacent to an activating group) is 1. The summed E-state index contributed by atoms with van der Waals surface area (Å²) in [6.07, 6.45) is 3.27. The Morgan fingerprint density at radius 3 is 2.54 bits per heavy atom. The quantitative estimate of drug-likeness (QED) is 0.742. The van der Waals surface area contributed by atoms with Crippen LogP contribution >= 0.6 is 11.6 Å². The first-order valence-electron chi connectivity index (χ1n) is 7.43. The molecule has 0 unspecified atom stereocenters. The van der Waals surface area contributed by atoms with Gasteiger partial charge in [0.25, 0.3) is 0 Å². The highest BCUT2D eigenvalue weighted by Gasteiger charge is 2.11. The minimum absolute atomic E-state index is 0.122. The van der Waals surface area contributed by atoms with E-state index in [0.717, 1.165) is 16.9 Å². The fraction of sp³-hybridized carbons (Fsp3) is 0.211. The van der Waals surface area contributed by atoms with E-state index in [0.29, 0.717) is 17.3 Å². The zero-order chi connectivity index (χ0) is 17.5. The number of ether oxygens (including phenoxy) is 2. The summed E-state index contributed by atoms with van der Waals surface area (Å²) in [5.41, 5.74) is 1.70. The van der Waals surface area contributed by atoms with Crippen LogP contribution in [0.2, 0.25) is 5.02 Å². The van der Waals surface area contributed by atoms with Gasteiger partial charge < -0.3 is 14.4 Å². The lowest BCUT2D eigenvalue weighted by atomic mass is 10.1. The van der Waals surface area contributed by atoms with E-state index in [4.69, 9.17) is 21.1 Å². The summed E-state index contributed by atoms with van der Waals surface area (Å²) >= 11 is 6.02. The van der Waals surface area contributed by atoms with Crippen LogP contribution < -0.4 is 9.47 Å². The Morgan fingerprint density at radius 1 is 1.12 bits per heavy atom. The van der Waals surface area contributed by atoms with Gasteiger partial charge in [0.2, 0.25) is 5.91 Å². The van der Waals surface area contributed by atoms with Crippen molar-refractivity contribution in [2.24, 2.45) is 0 Å². The van der Waals surface area contributed by atoms with Crippen LogP contribution in [0.3, 0.4) is 0 Å². The first kappa shape index (κ1) is 17.9. The van der Waals surface area contributed by atoms with Gasteiger partial charge in [-0.2, -0.15) is 0 Å². The topological polar surface area (TPSA) is 38.8 Å². The van der Waals surface area contributed by atoms with Crippen molar-refractivity contribution in [3.8, 4) is 11.5 Å². The van der Waals surface area contributed by atoms with Gasteiger partial charge in [-0.05, 0) is 30.3 Å². The highest BCUT2D eigenvalue weighted by Crippen LogP contribution is 2.24. The molecule has 0 saturated heterocycles. The number of hydrogen-bond donors (Lipinski definition) is 0. The van der Waals surface area contributed by atoms with Crippen molar-refractivity contribution in [1.82, 2.24) is 4.90 Å². The third kappa shape index (κ3) is 4.52. The summed E-state index contributed by atoms with van der Waals surface area (Å²) in [5, 5.41) is 0.608. The summed E-state index contributed by atoms with van der Waals surface area (Å²) in [6, 6.07) is 12.9. The fourth-order valence-corrected chi connectivity index (χ4v) is 2.49. The van der Waals surface area contributed by atoms with Crippen molar-refractivity contribution in [1.29, 1.82) is 0 Å². The number of para-hydroxylation sites is 1. The van der Waals surface area contributed by atoms with E-state index in [2.05, 4.69) is 0 Å². The molecule has 2 aromatic rings. The van der Waals surface area contributed by atoms with Crippen LogP contribution in [0.1, 0.15) is 11.1 Å². The molecule has 0 aliphatic heterocycles. The van der Waals surface area contributed by atoms with E-state index in [1.165, 1.54) is 6.08 Å². The molecule has 2 aromatic carbocycles. The normalized spacial score (nSPS) is 10.7. The average molecular weight is 346 g/mol. The molecule has 0 aliphatic carbocycles. The van der Waals surface area contributed by atoms with E-state index in [9.17, 15) is 4.79 Å². The molecule has 4 nitrogen and oxygen atoms in total. The van der Waals surface area contributed by atoms with E-state index < -0.39 is 0 Å². The van der Waals surface area contributed by atoms with Gasteiger partial charge in [-0.15, -0.1) is 0 Å². The van der Waals surface area contributed by atoms with Crippen LogP contribution in [0.25, 0.3) is 6.08 Å².